The number of para-hydroxylation sites is 6. The van der Waals surface area contributed by atoms with Crippen LogP contribution in [0, 0.1) is 0 Å². The first-order valence-electron chi connectivity index (χ1n) is 19.8. The maximum absolute atomic E-state index is 6.52. The average molecular weight is 740 g/mol. The lowest BCUT2D eigenvalue weighted by molar-refractivity contribution is 0.670. The summed E-state index contributed by atoms with van der Waals surface area (Å²) in [6.45, 7) is 0. The van der Waals surface area contributed by atoms with Gasteiger partial charge in [-0.05, 0) is 84.4 Å². The minimum absolute atomic E-state index is 0.904. The van der Waals surface area contributed by atoms with Gasteiger partial charge in [-0.15, -0.1) is 0 Å². The van der Waals surface area contributed by atoms with E-state index in [1.165, 1.54) is 54.4 Å². The molecule has 0 radical (unpaired) electrons. The summed E-state index contributed by atoms with van der Waals surface area (Å²) in [5.41, 5.74) is 14.5. The van der Waals surface area contributed by atoms with E-state index < -0.39 is 0 Å². The standard InChI is InChI=1S/C54H33N3O/c1-6-22-47-39(15-1)40-16-2-7-23-48(40)56(47)36-27-29-51-45(32-36)46-33-37(57-49-24-8-3-17-41(49)42-18-4-9-25-50(42)57)28-30-52(46)55(51)35-14-11-13-34(31-35)38-20-12-21-44-43-19-5-10-26-53(43)58-54(38)44/h1-33H. The lowest BCUT2D eigenvalue weighted by Crippen LogP contribution is -1.96. The molecule has 4 nitrogen and oxygen atoms in total. The maximum Gasteiger partial charge on any atom is 0.143 e. The molecule has 0 atom stereocenters. The van der Waals surface area contributed by atoms with Crippen LogP contribution in [0.2, 0.25) is 0 Å². The van der Waals surface area contributed by atoms with E-state index in [1.807, 2.05) is 6.07 Å². The Bertz CT molecular complexity index is 3540. The van der Waals surface area contributed by atoms with E-state index in [0.717, 1.165) is 61.2 Å². The predicted octanol–water partition coefficient (Wildman–Crippen LogP) is 14.5. The summed E-state index contributed by atoms with van der Waals surface area (Å²) in [5, 5.41) is 9.68. The van der Waals surface area contributed by atoms with Crippen LogP contribution >= 0.6 is 0 Å². The molecule has 58 heavy (non-hydrogen) atoms. The van der Waals surface area contributed by atoms with Gasteiger partial charge in [0.25, 0.3) is 0 Å². The van der Waals surface area contributed by atoms with Gasteiger partial charge in [0.15, 0.2) is 0 Å². The Balaban J connectivity index is 1.09. The van der Waals surface area contributed by atoms with Crippen LogP contribution in [0.3, 0.4) is 0 Å². The molecule has 13 rings (SSSR count). The first kappa shape index (κ1) is 31.4. The number of furan rings is 1. The summed E-state index contributed by atoms with van der Waals surface area (Å²) in [6.07, 6.45) is 0. The van der Waals surface area contributed by atoms with E-state index in [0.29, 0.717) is 0 Å². The number of benzene rings is 9. The van der Waals surface area contributed by atoms with Crippen LogP contribution in [0.4, 0.5) is 0 Å². The van der Waals surface area contributed by atoms with E-state index >= 15 is 0 Å². The van der Waals surface area contributed by atoms with E-state index in [9.17, 15) is 0 Å². The molecule has 13 aromatic rings. The Morgan fingerprint density at radius 1 is 0.276 bits per heavy atom. The summed E-state index contributed by atoms with van der Waals surface area (Å²) in [5.74, 6) is 0. The van der Waals surface area contributed by atoms with Crippen LogP contribution < -0.4 is 0 Å². The van der Waals surface area contributed by atoms with Gasteiger partial charge in [-0.2, -0.15) is 0 Å². The van der Waals surface area contributed by atoms with Gasteiger partial charge in [0.1, 0.15) is 11.2 Å². The van der Waals surface area contributed by atoms with E-state index in [-0.39, 0.29) is 0 Å². The Kier molecular flexibility index (Phi) is 6.41. The Morgan fingerprint density at radius 2 is 0.690 bits per heavy atom. The predicted molar refractivity (Wildman–Crippen MR) is 242 cm³/mol. The van der Waals surface area contributed by atoms with Crippen molar-refractivity contribution >= 4 is 87.4 Å². The summed E-state index contributed by atoms with van der Waals surface area (Å²) >= 11 is 0. The monoisotopic (exact) mass is 739 g/mol. The SMILES string of the molecule is c1cc(-c2cccc3c2oc2ccccc23)cc(-n2c3ccc(-n4c5ccccc5c5ccccc54)cc3c3cc(-n4c5ccccc5c5ccccc54)ccc32)c1. The van der Waals surface area contributed by atoms with E-state index in [4.69, 9.17) is 4.42 Å². The van der Waals surface area contributed by atoms with E-state index in [2.05, 4.69) is 208 Å². The van der Waals surface area contributed by atoms with Crippen LogP contribution in [0.15, 0.2) is 205 Å². The van der Waals surface area contributed by atoms with Gasteiger partial charge >= 0.3 is 0 Å². The topological polar surface area (TPSA) is 27.9 Å². The number of hydrogen-bond acceptors (Lipinski definition) is 1. The number of aromatic nitrogens is 3. The fourth-order valence-corrected chi connectivity index (χ4v) is 9.74. The van der Waals surface area contributed by atoms with Crippen LogP contribution in [0.1, 0.15) is 0 Å². The normalized spacial score (nSPS) is 12.1. The lowest BCUT2D eigenvalue weighted by Gasteiger charge is -2.12. The zero-order valence-corrected chi connectivity index (χ0v) is 31.3. The summed E-state index contributed by atoms with van der Waals surface area (Å²) in [6, 6.07) is 72.6. The molecule has 0 saturated heterocycles. The highest BCUT2D eigenvalue weighted by molar-refractivity contribution is 6.14. The van der Waals surface area contributed by atoms with Crippen molar-refractivity contribution in [1.82, 2.24) is 13.7 Å². The highest BCUT2D eigenvalue weighted by Crippen LogP contribution is 2.41. The summed E-state index contributed by atoms with van der Waals surface area (Å²) < 4.78 is 13.8. The number of fused-ring (bicyclic) bond motifs is 12. The molecule has 4 aromatic heterocycles. The van der Waals surface area contributed by atoms with Gasteiger partial charge in [-0.25, -0.2) is 0 Å². The molecule has 0 spiro atoms. The molecule has 270 valence electrons. The van der Waals surface area contributed by atoms with Crippen molar-refractivity contribution in [3.63, 3.8) is 0 Å². The van der Waals surface area contributed by atoms with Crippen molar-refractivity contribution in [3.8, 4) is 28.2 Å². The van der Waals surface area contributed by atoms with Crippen molar-refractivity contribution in [3.05, 3.63) is 200 Å². The Morgan fingerprint density at radius 3 is 1.22 bits per heavy atom. The number of hydrogen-bond donors (Lipinski definition) is 0. The van der Waals surface area contributed by atoms with Gasteiger partial charge < -0.3 is 18.1 Å². The third-order valence-corrected chi connectivity index (χ3v) is 12.2. The second-order valence-corrected chi connectivity index (χ2v) is 15.3. The molecule has 0 saturated carbocycles. The molecule has 0 unspecified atom stereocenters. The lowest BCUT2D eigenvalue weighted by atomic mass is 10.0. The highest BCUT2D eigenvalue weighted by Gasteiger charge is 2.20. The van der Waals surface area contributed by atoms with Gasteiger partial charge in [0.2, 0.25) is 0 Å². The summed E-state index contributed by atoms with van der Waals surface area (Å²) in [7, 11) is 0. The van der Waals surface area contributed by atoms with Crippen LogP contribution in [0.5, 0.6) is 0 Å². The number of nitrogens with zero attached hydrogens (tertiary/aromatic N) is 3. The van der Waals surface area contributed by atoms with Crippen molar-refractivity contribution in [2.45, 2.75) is 0 Å². The molecule has 0 fully saturated rings. The highest BCUT2D eigenvalue weighted by atomic mass is 16.3. The second-order valence-electron chi connectivity index (χ2n) is 15.3. The minimum Gasteiger partial charge on any atom is -0.455 e. The molecule has 0 N–H and O–H groups in total. The fraction of sp³-hybridized carbons (Fsp3) is 0. The first-order valence-corrected chi connectivity index (χ1v) is 19.8. The summed E-state index contributed by atoms with van der Waals surface area (Å²) in [4.78, 5) is 0. The molecule has 4 heteroatoms. The minimum atomic E-state index is 0.904. The fourth-order valence-electron chi connectivity index (χ4n) is 9.74. The quantitative estimate of drug-likeness (QED) is 0.177. The van der Waals surface area contributed by atoms with Gasteiger partial charge in [-0.1, -0.05) is 121 Å². The zero-order valence-electron chi connectivity index (χ0n) is 31.3. The molecule has 0 aliphatic carbocycles. The van der Waals surface area contributed by atoms with Crippen LogP contribution in [0.25, 0.3) is 116 Å². The van der Waals surface area contributed by atoms with Crippen molar-refractivity contribution in [2.24, 2.45) is 0 Å². The van der Waals surface area contributed by atoms with Crippen molar-refractivity contribution < 1.29 is 4.42 Å². The van der Waals surface area contributed by atoms with E-state index in [1.54, 1.807) is 0 Å². The molecule has 0 bridgehead atoms. The van der Waals surface area contributed by atoms with Crippen molar-refractivity contribution in [1.29, 1.82) is 0 Å². The molecule has 0 amide bonds. The van der Waals surface area contributed by atoms with Gasteiger partial charge in [0.05, 0.1) is 33.1 Å². The average Bonchev–Trinajstić information content (AvgIpc) is 4.02. The van der Waals surface area contributed by atoms with Crippen LogP contribution in [-0.4, -0.2) is 13.7 Å². The second kappa shape index (κ2) is 11.8. The molecular weight excluding hydrogens is 707 g/mol. The zero-order chi connectivity index (χ0) is 37.9. The Hall–Kier alpha value is -7.82. The molecule has 4 heterocycles. The molecule has 0 aliphatic heterocycles. The van der Waals surface area contributed by atoms with Crippen LogP contribution in [-0.2, 0) is 0 Å². The molecule has 0 aliphatic rings. The Labute approximate surface area is 332 Å². The first-order chi connectivity index (χ1) is 28.8. The molecule has 9 aromatic carbocycles. The third kappa shape index (κ3) is 4.34. The number of rotatable bonds is 4. The molecular formula is C54H33N3O. The van der Waals surface area contributed by atoms with Crippen molar-refractivity contribution in [2.75, 3.05) is 0 Å². The van der Waals surface area contributed by atoms with Gasteiger partial charge in [-0.3, -0.25) is 0 Å². The maximum atomic E-state index is 6.52. The smallest absolute Gasteiger partial charge is 0.143 e. The van der Waals surface area contributed by atoms with Gasteiger partial charge in [0, 0.05) is 65.7 Å². The largest absolute Gasteiger partial charge is 0.455 e. The third-order valence-electron chi connectivity index (χ3n) is 12.2.